The molecule has 0 saturated heterocycles. The van der Waals surface area contributed by atoms with E-state index in [-0.39, 0.29) is 10.6 Å². The number of rotatable bonds is 4. The lowest BCUT2D eigenvalue weighted by molar-refractivity contribution is 0.419. The molecule has 3 aromatic rings. The lowest BCUT2D eigenvalue weighted by Crippen LogP contribution is -2.13. The maximum atomic E-state index is 12.7. The Hall–Kier alpha value is -2.73. The molecule has 0 fully saturated rings. The molecule has 0 aromatic heterocycles. The highest BCUT2D eigenvalue weighted by molar-refractivity contribution is 7.93. The number of phenolic OH excluding ortho intramolecular Hbond substituents is 1. The molecule has 23 heavy (non-hydrogen) atoms. The minimum Gasteiger partial charge on any atom is -0.508 e. The largest absolute Gasteiger partial charge is 0.508 e. The van der Waals surface area contributed by atoms with E-state index in [0.29, 0.717) is 22.2 Å². The summed E-state index contributed by atoms with van der Waals surface area (Å²) in [7, 11) is -2.26. The van der Waals surface area contributed by atoms with Crippen LogP contribution in [0, 0.1) is 0 Å². The molecular formula is C17H15NO4S. The van der Waals surface area contributed by atoms with Gasteiger partial charge in [-0.1, -0.05) is 30.3 Å². The minimum absolute atomic E-state index is 0.00945. The molecule has 2 N–H and O–H groups in total. The highest BCUT2D eigenvalue weighted by Crippen LogP contribution is 2.32. The number of hydrogen-bond donors (Lipinski definition) is 2. The van der Waals surface area contributed by atoms with Crippen molar-refractivity contribution >= 4 is 26.5 Å². The van der Waals surface area contributed by atoms with E-state index in [0.717, 1.165) is 0 Å². The Morgan fingerprint density at radius 2 is 1.70 bits per heavy atom. The first-order valence-corrected chi connectivity index (χ1v) is 8.37. The Labute approximate surface area is 134 Å². The average molecular weight is 329 g/mol. The fourth-order valence-corrected chi connectivity index (χ4v) is 3.70. The molecule has 0 aliphatic carbocycles. The van der Waals surface area contributed by atoms with Crippen LogP contribution in [0.15, 0.2) is 65.6 Å². The third-order valence-corrected chi connectivity index (χ3v) is 4.89. The third kappa shape index (κ3) is 2.93. The lowest BCUT2D eigenvalue weighted by atomic mass is 10.1. The number of aromatic hydroxyl groups is 1. The first-order chi connectivity index (χ1) is 11.0. The second kappa shape index (κ2) is 5.81. The Bertz CT molecular complexity index is 967. The zero-order valence-electron chi connectivity index (χ0n) is 12.4. The Morgan fingerprint density at radius 1 is 0.957 bits per heavy atom. The summed E-state index contributed by atoms with van der Waals surface area (Å²) in [5, 5.41) is 10.8. The highest BCUT2D eigenvalue weighted by atomic mass is 32.2. The fourth-order valence-electron chi connectivity index (χ4n) is 2.44. The van der Waals surface area contributed by atoms with Crippen molar-refractivity contribution in [1.82, 2.24) is 0 Å². The second-order valence-corrected chi connectivity index (χ2v) is 6.62. The van der Waals surface area contributed by atoms with Crippen molar-refractivity contribution in [2.45, 2.75) is 4.90 Å². The normalized spacial score (nSPS) is 11.3. The highest BCUT2D eigenvalue weighted by Gasteiger charge is 2.19. The first kappa shape index (κ1) is 15.2. The molecule has 0 bridgehead atoms. The summed E-state index contributed by atoms with van der Waals surface area (Å²) in [6.07, 6.45) is 0. The van der Waals surface area contributed by atoms with Crippen LogP contribution < -0.4 is 9.46 Å². The average Bonchev–Trinajstić information content (AvgIpc) is 2.53. The first-order valence-electron chi connectivity index (χ1n) is 6.89. The molecule has 0 aliphatic rings. The van der Waals surface area contributed by atoms with Crippen LogP contribution >= 0.6 is 0 Å². The van der Waals surface area contributed by atoms with Gasteiger partial charge in [-0.2, -0.15) is 0 Å². The molecule has 3 rings (SSSR count). The van der Waals surface area contributed by atoms with E-state index in [4.69, 9.17) is 4.74 Å². The number of sulfonamides is 1. The lowest BCUT2D eigenvalue weighted by Gasteiger charge is -2.12. The number of anilines is 1. The van der Waals surface area contributed by atoms with E-state index in [2.05, 4.69) is 4.72 Å². The predicted octanol–water partition coefficient (Wildman–Crippen LogP) is 3.35. The van der Waals surface area contributed by atoms with Crippen LogP contribution in [0.5, 0.6) is 11.5 Å². The van der Waals surface area contributed by atoms with Crippen LogP contribution in [-0.4, -0.2) is 20.6 Å². The van der Waals surface area contributed by atoms with Crippen LogP contribution in [0.1, 0.15) is 0 Å². The van der Waals surface area contributed by atoms with Gasteiger partial charge in [0.2, 0.25) is 0 Å². The molecule has 0 spiro atoms. The molecule has 0 aliphatic heterocycles. The molecule has 0 heterocycles. The van der Waals surface area contributed by atoms with Crippen LogP contribution in [-0.2, 0) is 10.0 Å². The van der Waals surface area contributed by atoms with E-state index in [1.807, 2.05) is 12.1 Å². The van der Waals surface area contributed by atoms with Gasteiger partial charge in [0.05, 0.1) is 17.7 Å². The Kier molecular flexibility index (Phi) is 3.83. The van der Waals surface area contributed by atoms with Crippen LogP contribution in [0.25, 0.3) is 10.8 Å². The second-order valence-electron chi connectivity index (χ2n) is 4.97. The summed E-state index contributed by atoms with van der Waals surface area (Å²) in [6, 6.07) is 16.2. The van der Waals surface area contributed by atoms with Gasteiger partial charge < -0.3 is 9.84 Å². The number of benzene rings is 3. The van der Waals surface area contributed by atoms with Crippen molar-refractivity contribution in [3.8, 4) is 11.5 Å². The third-order valence-electron chi connectivity index (χ3n) is 3.45. The molecule has 0 saturated carbocycles. The van der Waals surface area contributed by atoms with Crippen molar-refractivity contribution in [2.24, 2.45) is 0 Å². The molecule has 6 heteroatoms. The van der Waals surface area contributed by atoms with Crippen LogP contribution in [0.4, 0.5) is 5.69 Å². The zero-order chi connectivity index (χ0) is 16.4. The molecule has 5 nitrogen and oxygen atoms in total. The minimum atomic E-state index is -3.80. The number of fused-ring (bicyclic) bond motifs is 1. The summed E-state index contributed by atoms with van der Waals surface area (Å²) in [4.78, 5) is 0.150. The predicted molar refractivity (Wildman–Crippen MR) is 89.4 cm³/mol. The van der Waals surface area contributed by atoms with Crippen molar-refractivity contribution in [1.29, 1.82) is 0 Å². The zero-order valence-corrected chi connectivity index (χ0v) is 13.2. The van der Waals surface area contributed by atoms with Crippen molar-refractivity contribution in [3.63, 3.8) is 0 Å². The van der Waals surface area contributed by atoms with Gasteiger partial charge in [0.15, 0.2) is 0 Å². The van der Waals surface area contributed by atoms with Crippen LogP contribution in [0.3, 0.4) is 0 Å². The summed E-state index contributed by atoms with van der Waals surface area (Å²) in [5.74, 6) is 0.599. The quantitative estimate of drug-likeness (QED) is 0.769. The molecule has 0 amide bonds. The van der Waals surface area contributed by atoms with E-state index in [1.165, 1.54) is 18.2 Å². The maximum Gasteiger partial charge on any atom is 0.262 e. The number of hydrogen-bond acceptors (Lipinski definition) is 4. The van der Waals surface area contributed by atoms with Gasteiger partial charge in [0.25, 0.3) is 10.0 Å². The van der Waals surface area contributed by atoms with Gasteiger partial charge in [-0.15, -0.1) is 0 Å². The van der Waals surface area contributed by atoms with Crippen molar-refractivity contribution in [3.05, 3.63) is 60.7 Å². The number of methoxy groups -OCH3 is 1. The van der Waals surface area contributed by atoms with E-state index in [9.17, 15) is 13.5 Å². The maximum absolute atomic E-state index is 12.7. The summed E-state index contributed by atoms with van der Waals surface area (Å²) >= 11 is 0. The topological polar surface area (TPSA) is 75.6 Å². The molecule has 3 aromatic carbocycles. The Morgan fingerprint density at radius 3 is 2.39 bits per heavy atom. The molecule has 0 atom stereocenters. The molecular weight excluding hydrogens is 314 g/mol. The van der Waals surface area contributed by atoms with Crippen molar-refractivity contribution < 1.29 is 18.3 Å². The van der Waals surface area contributed by atoms with E-state index >= 15 is 0 Å². The Balaban J connectivity index is 2.12. The fraction of sp³-hybridized carbons (Fsp3) is 0.0588. The van der Waals surface area contributed by atoms with Crippen LogP contribution in [0.2, 0.25) is 0 Å². The van der Waals surface area contributed by atoms with Gasteiger partial charge in [-0.3, -0.25) is 4.72 Å². The van der Waals surface area contributed by atoms with Gasteiger partial charge >= 0.3 is 0 Å². The van der Waals surface area contributed by atoms with Gasteiger partial charge in [0.1, 0.15) is 11.5 Å². The summed E-state index contributed by atoms with van der Waals surface area (Å²) in [6.45, 7) is 0. The molecule has 0 unspecified atom stereocenters. The monoisotopic (exact) mass is 329 g/mol. The van der Waals surface area contributed by atoms with E-state index in [1.54, 1.807) is 37.4 Å². The van der Waals surface area contributed by atoms with Crippen molar-refractivity contribution in [2.75, 3.05) is 11.8 Å². The van der Waals surface area contributed by atoms with Gasteiger partial charge in [-0.25, -0.2) is 8.42 Å². The van der Waals surface area contributed by atoms with Gasteiger partial charge in [0, 0.05) is 16.8 Å². The molecule has 0 radical (unpaired) electrons. The van der Waals surface area contributed by atoms with E-state index < -0.39 is 10.0 Å². The number of nitrogens with one attached hydrogen (secondary N) is 1. The smallest absolute Gasteiger partial charge is 0.262 e. The molecule has 118 valence electrons. The standard InChI is InChI=1S/C17H15NO4S/c1-22-16-9-10-17(15-8-3-2-7-14(15)16)23(20,21)18-12-5-4-6-13(19)11-12/h2-11,18-19H,1H3. The number of ether oxygens (including phenoxy) is 1. The number of phenols is 1. The SMILES string of the molecule is COc1ccc(S(=O)(=O)Nc2cccc(O)c2)c2ccccc12. The summed E-state index contributed by atoms with van der Waals surface area (Å²) in [5.41, 5.74) is 0.296. The van der Waals surface area contributed by atoms with Gasteiger partial charge in [-0.05, 0) is 24.3 Å². The summed E-state index contributed by atoms with van der Waals surface area (Å²) < 4.78 is 33.1.